The Labute approximate surface area is 106 Å². The van der Waals surface area contributed by atoms with E-state index in [0.717, 1.165) is 32.2 Å². The Morgan fingerprint density at radius 3 is 2.41 bits per heavy atom. The van der Waals surface area contributed by atoms with Crippen LogP contribution in [-0.2, 0) is 0 Å². The minimum absolute atomic E-state index is 0.0193. The topological polar surface area (TPSA) is 41.1 Å². The van der Waals surface area contributed by atoms with Crippen molar-refractivity contribution in [3.8, 4) is 0 Å². The van der Waals surface area contributed by atoms with Crippen LogP contribution in [0.5, 0.6) is 0 Å². The van der Waals surface area contributed by atoms with E-state index in [1.54, 1.807) is 0 Å². The van der Waals surface area contributed by atoms with E-state index in [1.807, 2.05) is 0 Å². The van der Waals surface area contributed by atoms with Gasteiger partial charge in [-0.1, -0.05) is 40.0 Å². The Bertz CT molecular complexity index is 227. The van der Waals surface area contributed by atoms with Crippen LogP contribution in [0.25, 0.3) is 0 Å². The number of hydrogen-bond donors (Lipinski definition) is 2. The molecule has 2 N–H and O–H groups in total. The van der Waals surface area contributed by atoms with Crippen molar-refractivity contribution in [2.45, 2.75) is 71.8 Å². The Balaban J connectivity index is 2.04. The van der Waals surface area contributed by atoms with Crippen LogP contribution in [-0.4, -0.2) is 18.6 Å². The van der Waals surface area contributed by atoms with E-state index < -0.39 is 0 Å². The Kier molecular flexibility index (Phi) is 5.79. The first-order valence-electron chi connectivity index (χ1n) is 7.02. The maximum Gasteiger partial charge on any atom is 0.315 e. The third kappa shape index (κ3) is 7.24. The van der Waals surface area contributed by atoms with Crippen LogP contribution in [0.4, 0.5) is 4.79 Å². The first-order chi connectivity index (χ1) is 7.97. The van der Waals surface area contributed by atoms with Gasteiger partial charge in [0.25, 0.3) is 0 Å². The Morgan fingerprint density at radius 1 is 1.18 bits per heavy atom. The van der Waals surface area contributed by atoms with Crippen molar-refractivity contribution in [3.63, 3.8) is 0 Å². The number of urea groups is 1. The number of carbonyl (C=O) groups is 1. The molecule has 100 valence electrons. The predicted molar refractivity (Wildman–Crippen MR) is 72.1 cm³/mol. The van der Waals surface area contributed by atoms with Gasteiger partial charge in [-0.15, -0.1) is 0 Å². The van der Waals surface area contributed by atoms with Crippen LogP contribution in [0.3, 0.4) is 0 Å². The quantitative estimate of drug-likeness (QED) is 0.726. The molecule has 1 rings (SSSR count). The highest BCUT2D eigenvalue weighted by Crippen LogP contribution is 2.20. The number of rotatable bonds is 4. The summed E-state index contributed by atoms with van der Waals surface area (Å²) in [5, 5.41) is 6.02. The summed E-state index contributed by atoms with van der Waals surface area (Å²) in [6.07, 6.45) is 8.35. The van der Waals surface area contributed by atoms with Crippen LogP contribution in [0, 0.1) is 5.41 Å². The zero-order valence-corrected chi connectivity index (χ0v) is 11.6. The molecule has 0 saturated heterocycles. The molecule has 3 nitrogen and oxygen atoms in total. The van der Waals surface area contributed by atoms with Gasteiger partial charge in [0.15, 0.2) is 0 Å². The molecule has 0 bridgehead atoms. The third-order valence-corrected chi connectivity index (χ3v) is 3.33. The average Bonchev–Trinajstić information content (AvgIpc) is 2.25. The zero-order valence-electron chi connectivity index (χ0n) is 11.6. The summed E-state index contributed by atoms with van der Waals surface area (Å²) in [6.45, 7) is 7.48. The van der Waals surface area contributed by atoms with Crippen molar-refractivity contribution < 1.29 is 4.79 Å². The van der Waals surface area contributed by atoms with Gasteiger partial charge in [-0.05, 0) is 31.1 Å². The van der Waals surface area contributed by atoms with Gasteiger partial charge < -0.3 is 10.6 Å². The SMILES string of the molecule is CC(C)(C)CCCNC(=O)NC1CCCCC1. The fourth-order valence-corrected chi connectivity index (χ4v) is 2.30. The highest BCUT2D eigenvalue weighted by Gasteiger charge is 2.15. The Morgan fingerprint density at radius 2 is 1.82 bits per heavy atom. The lowest BCUT2D eigenvalue weighted by Gasteiger charge is -2.23. The average molecular weight is 240 g/mol. The minimum Gasteiger partial charge on any atom is -0.338 e. The smallest absolute Gasteiger partial charge is 0.315 e. The van der Waals surface area contributed by atoms with Crippen LogP contribution in [0.1, 0.15) is 65.7 Å². The standard InChI is InChI=1S/C14H28N2O/c1-14(2,3)10-7-11-15-13(17)16-12-8-5-4-6-9-12/h12H,4-11H2,1-3H3,(H2,15,16,17). The van der Waals surface area contributed by atoms with E-state index in [4.69, 9.17) is 0 Å². The molecule has 2 amide bonds. The molecule has 0 heterocycles. The molecule has 0 aromatic carbocycles. The molecule has 0 atom stereocenters. The van der Waals surface area contributed by atoms with Crippen molar-refractivity contribution in [2.24, 2.45) is 5.41 Å². The second-order valence-corrected chi connectivity index (χ2v) is 6.40. The minimum atomic E-state index is 0.0193. The van der Waals surface area contributed by atoms with Gasteiger partial charge in [0.05, 0.1) is 0 Å². The normalized spacial score (nSPS) is 17.8. The molecule has 1 aliphatic rings. The van der Waals surface area contributed by atoms with Gasteiger partial charge in [0.2, 0.25) is 0 Å². The predicted octanol–water partition coefficient (Wildman–Crippen LogP) is 3.44. The summed E-state index contributed by atoms with van der Waals surface area (Å²) in [6, 6.07) is 0.428. The summed E-state index contributed by atoms with van der Waals surface area (Å²) in [4.78, 5) is 11.6. The number of amides is 2. The number of carbonyl (C=O) groups excluding carboxylic acids is 1. The molecule has 1 aliphatic carbocycles. The lowest BCUT2D eigenvalue weighted by Crippen LogP contribution is -2.43. The highest BCUT2D eigenvalue weighted by molar-refractivity contribution is 5.74. The molecule has 1 saturated carbocycles. The molecule has 17 heavy (non-hydrogen) atoms. The van der Waals surface area contributed by atoms with Crippen molar-refractivity contribution in [1.82, 2.24) is 10.6 Å². The molecule has 0 aromatic rings. The van der Waals surface area contributed by atoms with Gasteiger partial charge in [-0.25, -0.2) is 4.79 Å². The molecule has 0 spiro atoms. The summed E-state index contributed by atoms with van der Waals surface area (Å²) in [7, 11) is 0. The molecular weight excluding hydrogens is 212 g/mol. The molecule has 1 fully saturated rings. The van der Waals surface area contributed by atoms with Crippen LogP contribution in [0.2, 0.25) is 0 Å². The summed E-state index contributed by atoms with van der Waals surface area (Å²) in [5.41, 5.74) is 0.363. The van der Waals surface area contributed by atoms with Crippen molar-refractivity contribution in [2.75, 3.05) is 6.54 Å². The van der Waals surface area contributed by atoms with Crippen LogP contribution < -0.4 is 10.6 Å². The third-order valence-electron chi connectivity index (χ3n) is 3.33. The van der Waals surface area contributed by atoms with Gasteiger partial charge >= 0.3 is 6.03 Å². The maximum atomic E-state index is 11.6. The largest absolute Gasteiger partial charge is 0.338 e. The molecule has 0 aromatic heterocycles. The first-order valence-corrected chi connectivity index (χ1v) is 7.02. The fraction of sp³-hybridized carbons (Fsp3) is 0.929. The highest BCUT2D eigenvalue weighted by atomic mass is 16.2. The van der Waals surface area contributed by atoms with Crippen molar-refractivity contribution >= 4 is 6.03 Å². The molecular formula is C14H28N2O. The van der Waals surface area contributed by atoms with E-state index >= 15 is 0 Å². The van der Waals surface area contributed by atoms with E-state index in [9.17, 15) is 4.79 Å². The lowest BCUT2D eigenvalue weighted by molar-refractivity contribution is 0.231. The fourth-order valence-electron chi connectivity index (χ4n) is 2.30. The summed E-state index contributed by atoms with van der Waals surface area (Å²) >= 11 is 0. The summed E-state index contributed by atoms with van der Waals surface area (Å²) in [5.74, 6) is 0. The second-order valence-electron chi connectivity index (χ2n) is 6.40. The lowest BCUT2D eigenvalue weighted by atomic mass is 9.91. The molecule has 0 radical (unpaired) electrons. The van der Waals surface area contributed by atoms with Gasteiger partial charge in [0, 0.05) is 12.6 Å². The second kappa shape index (κ2) is 6.87. The molecule has 3 heteroatoms. The van der Waals surface area contributed by atoms with Crippen LogP contribution in [0.15, 0.2) is 0 Å². The van der Waals surface area contributed by atoms with E-state index in [2.05, 4.69) is 31.4 Å². The van der Waals surface area contributed by atoms with Gasteiger partial charge in [-0.3, -0.25) is 0 Å². The zero-order chi connectivity index (χ0) is 12.7. The van der Waals surface area contributed by atoms with Crippen molar-refractivity contribution in [1.29, 1.82) is 0 Å². The maximum absolute atomic E-state index is 11.6. The number of hydrogen-bond acceptors (Lipinski definition) is 1. The molecule has 0 aliphatic heterocycles. The monoisotopic (exact) mass is 240 g/mol. The molecule has 0 unspecified atom stereocenters. The van der Waals surface area contributed by atoms with Gasteiger partial charge in [-0.2, -0.15) is 0 Å². The van der Waals surface area contributed by atoms with E-state index in [1.165, 1.54) is 19.3 Å². The van der Waals surface area contributed by atoms with Crippen molar-refractivity contribution in [3.05, 3.63) is 0 Å². The summed E-state index contributed by atoms with van der Waals surface area (Å²) < 4.78 is 0. The van der Waals surface area contributed by atoms with E-state index in [0.29, 0.717) is 11.5 Å². The number of nitrogens with one attached hydrogen (secondary N) is 2. The Hall–Kier alpha value is -0.730. The van der Waals surface area contributed by atoms with Crippen LogP contribution >= 0.6 is 0 Å². The van der Waals surface area contributed by atoms with E-state index in [-0.39, 0.29) is 6.03 Å². The first kappa shape index (κ1) is 14.3. The van der Waals surface area contributed by atoms with Gasteiger partial charge in [0.1, 0.15) is 0 Å².